The summed E-state index contributed by atoms with van der Waals surface area (Å²) in [4.78, 5) is 26.4. The average Bonchev–Trinajstić information content (AvgIpc) is 2.83. The van der Waals surface area contributed by atoms with Gasteiger partial charge in [0.1, 0.15) is 0 Å². The smallest absolute Gasteiger partial charge is 0.295 e. The molecule has 2 aromatic rings. The topological polar surface area (TPSA) is 49.4 Å². The number of rotatable bonds is 4. The summed E-state index contributed by atoms with van der Waals surface area (Å²) in [5, 5.41) is 3.45. The van der Waals surface area contributed by atoms with Gasteiger partial charge in [-0.1, -0.05) is 48.0 Å². The number of benzene rings is 2. The molecule has 4 nitrogen and oxygen atoms in total. The van der Waals surface area contributed by atoms with E-state index in [0.29, 0.717) is 9.93 Å². The van der Waals surface area contributed by atoms with E-state index in [2.05, 4.69) is 5.32 Å². The predicted octanol–water partition coefficient (Wildman–Crippen LogP) is 5.06. The molecule has 0 saturated carbocycles. The first-order chi connectivity index (χ1) is 12.0. The number of para-hydroxylation sites is 1. The van der Waals surface area contributed by atoms with Crippen LogP contribution in [0.15, 0.2) is 47.4 Å². The maximum atomic E-state index is 12.6. The number of imide groups is 1. The number of aryl methyl sites for hydroxylation is 2. The van der Waals surface area contributed by atoms with Gasteiger partial charge in [0, 0.05) is 10.7 Å². The fraction of sp³-hybridized carbons (Fsp3) is 0.158. The predicted molar refractivity (Wildman–Crippen MR) is 104 cm³/mol. The van der Waals surface area contributed by atoms with Crippen LogP contribution >= 0.6 is 23.4 Å². The van der Waals surface area contributed by atoms with Crippen molar-refractivity contribution in [2.45, 2.75) is 13.8 Å². The Morgan fingerprint density at radius 2 is 1.76 bits per heavy atom. The molecule has 0 spiro atoms. The van der Waals surface area contributed by atoms with Gasteiger partial charge in [0.25, 0.3) is 11.1 Å². The summed E-state index contributed by atoms with van der Waals surface area (Å²) in [7, 11) is 0. The minimum absolute atomic E-state index is 0.135. The number of carbonyl (C=O) groups is 2. The number of anilines is 1. The van der Waals surface area contributed by atoms with Crippen LogP contribution < -0.4 is 5.32 Å². The number of nitrogens with zero attached hydrogens (tertiary/aromatic N) is 1. The van der Waals surface area contributed by atoms with Gasteiger partial charge in [-0.25, -0.2) is 0 Å². The maximum Gasteiger partial charge on any atom is 0.295 e. The van der Waals surface area contributed by atoms with Crippen molar-refractivity contribution >= 4 is 46.3 Å². The molecule has 6 heteroatoms. The second-order valence-corrected chi connectivity index (χ2v) is 7.13. The number of hydrogen-bond acceptors (Lipinski definition) is 4. The first kappa shape index (κ1) is 17.6. The lowest BCUT2D eigenvalue weighted by Crippen LogP contribution is -2.33. The highest BCUT2D eigenvalue weighted by Gasteiger charge is 2.35. The average molecular weight is 373 g/mol. The molecular weight excluding hydrogens is 356 g/mol. The molecule has 1 heterocycles. The summed E-state index contributed by atoms with van der Waals surface area (Å²) in [6.45, 7) is 4.11. The molecule has 1 aliphatic heterocycles. The van der Waals surface area contributed by atoms with Crippen molar-refractivity contribution in [2.75, 3.05) is 12.0 Å². The Morgan fingerprint density at radius 1 is 1.08 bits per heavy atom. The van der Waals surface area contributed by atoms with Gasteiger partial charge < -0.3 is 5.32 Å². The molecule has 2 amide bonds. The molecule has 128 valence electrons. The van der Waals surface area contributed by atoms with Crippen molar-refractivity contribution < 1.29 is 9.59 Å². The van der Waals surface area contributed by atoms with E-state index in [0.717, 1.165) is 34.1 Å². The van der Waals surface area contributed by atoms with E-state index in [-0.39, 0.29) is 17.8 Å². The van der Waals surface area contributed by atoms with Gasteiger partial charge in [-0.05, 0) is 54.4 Å². The Balaban J connectivity index is 1.77. The summed E-state index contributed by atoms with van der Waals surface area (Å²) < 4.78 is 0. The number of thioether (sulfide) groups is 1. The van der Waals surface area contributed by atoms with E-state index in [4.69, 9.17) is 11.6 Å². The molecular formula is C19H17ClN2O2S. The monoisotopic (exact) mass is 372 g/mol. The van der Waals surface area contributed by atoms with E-state index in [1.54, 1.807) is 12.1 Å². The lowest BCUT2D eigenvalue weighted by molar-refractivity contribution is -0.122. The van der Waals surface area contributed by atoms with Crippen LogP contribution in [-0.2, 0) is 4.79 Å². The van der Waals surface area contributed by atoms with E-state index < -0.39 is 0 Å². The van der Waals surface area contributed by atoms with Gasteiger partial charge in [0.05, 0.1) is 11.6 Å². The lowest BCUT2D eigenvalue weighted by atomic mass is 10.1. The quantitative estimate of drug-likeness (QED) is 0.762. The summed E-state index contributed by atoms with van der Waals surface area (Å²) in [5.74, 6) is -0.311. The standard InChI is InChI=1S/C19H17ClN2O2S/c1-12-6-5-7-13(2)17(12)21-11-22-18(23)16(25-19(22)24)10-14-8-3-4-9-15(14)20/h3-10,21H,11H2,1-2H3/b16-10+. The van der Waals surface area contributed by atoms with Gasteiger partial charge in [-0.15, -0.1) is 0 Å². The molecule has 0 unspecified atom stereocenters. The molecule has 0 atom stereocenters. The Bertz CT molecular complexity index is 859. The highest BCUT2D eigenvalue weighted by Crippen LogP contribution is 2.33. The summed E-state index contributed by atoms with van der Waals surface area (Å²) in [5.41, 5.74) is 3.80. The first-order valence-electron chi connectivity index (χ1n) is 7.77. The van der Waals surface area contributed by atoms with Gasteiger partial charge in [-0.2, -0.15) is 0 Å². The lowest BCUT2D eigenvalue weighted by Gasteiger charge is -2.17. The second kappa shape index (κ2) is 7.33. The van der Waals surface area contributed by atoms with E-state index in [1.165, 1.54) is 4.90 Å². The van der Waals surface area contributed by atoms with Gasteiger partial charge >= 0.3 is 0 Å². The normalized spacial score (nSPS) is 16.0. The van der Waals surface area contributed by atoms with Crippen LogP contribution in [0.4, 0.5) is 10.5 Å². The third kappa shape index (κ3) is 3.72. The molecule has 2 aromatic carbocycles. The zero-order chi connectivity index (χ0) is 18.0. The van der Waals surface area contributed by atoms with Gasteiger partial charge in [0.15, 0.2) is 0 Å². The van der Waals surface area contributed by atoms with E-state index in [9.17, 15) is 9.59 Å². The highest BCUT2D eigenvalue weighted by atomic mass is 35.5. The molecule has 0 aliphatic carbocycles. The molecule has 25 heavy (non-hydrogen) atoms. The van der Waals surface area contributed by atoms with Gasteiger partial charge in [0.2, 0.25) is 0 Å². The van der Waals surface area contributed by atoms with Crippen molar-refractivity contribution in [2.24, 2.45) is 0 Å². The number of hydrogen-bond donors (Lipinski definition) is 1. The van der Waals surface area contributed by atoms with Crippen LogP contribution in [0.3, 0.4) is 0 Å². The summed E-state index contributed by atoms with van der Waals surface area (Å²) in [6, 6.07) is 13.2. The zero-order valence-electron chi connectivity index (χ0n) is 13.9. The fourth-order valence-corrected chi connectivity index (χ4v) is 3.64. The Labute approximate surface area is 155 Å². The summed E-state index contributed by atoms with van der Waals surface area (Å²) in [6.07, 6.45) is 1.66. The maximum absolute atomic E-state index is 12.6. The van der Waals surface area contributed by atoms with Gasteiger partial charge in [-0.3, -0.25) is 14.5 Å². The van der Waals surface area contributed by atoms with E-state index >= 15 is 0 Å². The van der Waals surface area contributed by atoms with Crippen LogP contribution in [-0.4, -0.2) is 22.7 Å². The molecule has 0 bridgehead atoms. The van der Waals surface area contributed by atoms with Crippen LogP contribution in [0.1, 0.15) is 16.7 Å². The minimum atomic E-state index is -0.311. The summed E-state index contributed by atoms with van der Waals surface area (Å²) >= 11 is 7.05. The number of halogens is 1. The second-order valence-electron chi connectivity index (χ2n) is 5.73. The highest BCUT2D eigenvalue weighted by molar-refractivity contribution is 8.18. The molecule has 1 fully saturated rings. The van der Waals surface area contributed by atoms with Crippen LogP contribution in [0.25, 0.3) is 6.08 Å². The van der Waals surface area contributed by atoms with Crippen molar-refractivity contribution in [3.05, 3.63) is 69.1 Å². The molecule has 1 aliphatic rings. The molecule has 3 rings (SSSR count). The fourth-order valence-electron chi connectivity index (χ4n) is 2.62. The number of carbonyl (C=O) groups excluding carboxylic acids is 2. The Morgan fingerprint density at radius 3 is 2.44 bits per heavy atom. The first-order valence-corrected chi connectivity index (χ1v) is 8.97. The number of amides is 2. The minimum Gasteiger partial charge on any atom is -0.367 e. The van der Waals surface area contributed by atoms with Crippen molar-refractivity contribution in [1.82, 2.24) is 4.90 Å². The van der Waals surface area contributed by atoms with Crippen LogP contribution in [0.5, 0.6) is 0 Å². The Hall–Kier alpha value is -2.24. The largest absolute Gasteiger partial charge is 0.367 e. The van der Waals surface area contributed by atoms with Crippen LogP contribution in [0.2, 0.25) is 5.02 Å². The molecule has 1 N–H and O–H groups in total. The van der Waals surface area contributed by atoms with Crippen molar-refractivity contribution in [3.8, 4) is 0 Å². The Kier molecular flexibility index (Phi) is 5.16. The van der Waals surface area contributed by atoms with Crippen molar-refractivity contribution in [1.29, 1.82) is 0 Å². The third-order valence-corrected chi connectivity index (χ3v) is 5.21. The van der Waals surface area contributed by atoms with E-state index in [1.807, 2.05) is 50.2 Å². The molecule has 0 aromatic heterocycles. The zero-order valence-corrected chi connectivity index (χ0v) is 15.4. The SMILES string of the molecule is Cc1cccc(C)c1NCN1C(=O)S/C(=C/c2ccccc2Cl)C1=O. The molecule has 0 radical (unpaired) electrons. The third-order valence-electron chi connectivity index (χ3n) is 3.96. The van der Waals surface area contributed by atoms with Crippen molar-refractivity contribution in [3.63, 3.8) is 0 Å². The molecule has 1 saturated heterocycles. The number of nitrogens with one attached hydrogen (secondary N) is 1. The van der Waals surface area contributed by atoms with Crippen LogP contribution in [0, 0.1) is 13.8 Å².